The second-order valence-corrected chi connectivity index (χ2v) is 4.66. The van der Waals surface area contributed by atoms with Crippen molar-refractivity contribution in [2.75, 3.05) is 16.9 Å². The van der Waals surface area contributed by atoms with Crippen molar-refractivity contribution in [3.8, 4) is 0 Å². The van der Waals surface area contributed by atoms with E-state index in [1.807, 2.05) is 54.6 Å². The lowest BCUT2D eigenvalue weighted by molar-refractivity contribution is -0.116. The van der Waals surface area contributed by atoms with Crippen molar-refractivity contribution in [3.05, 3.63) is 60.2 Å². The largest absolute Gasteiger partial charge is 0.306 e. The van der Waals surface area contributed by atoms with Crippen molar-refractivity contribution in [2.45, 2.75) is 6.92 Å². The fraction of sp³-hybridized carbons (Fsp3) is 0.125. The van der Waals surface area contributed by atoms with E-state index in [0.717, 1.165) is 22.6 Å². The Bertz CT molecular complexity index is 664. The van der Waals surface area contributed by atoms with Gasteiger partial charge in [0.2, 0.25) is 5.91 Å². The Morgan fingerprint density at radius 3 is 2.55 bits per heavy atom. The number of carbonyl (C=O) groups excluding carboxylic acids is 1. The minimum Gasteiger partial charge on any atom is -0.306 e. The lowest BCUT2D eigenvalue weighted by atomic mass is 10.1. The summed E-state index contributed by atoms with van der Waals surface area (Å²) in [5.41, 5.74) is 6.77. The minimum absolute atomic E-state index is 0.0300. The standard InChI is InChI=1S/C16H15N3O/c1-12(20)19-11-15(14-9-5-6-10-16(14)19)18-17-13-7-3-2-4-8-13/h2-10,17H,11H2,1H3. The van der Waals surface area contributed by atoms with Gasteiger partial charge in [-0.25, -0.2) is 0 Å². The molecule has 4 heteroatoms. The number of rotatable bonds is 2. The van der Waals surface area contributed by atoms with Gasteiger partial charge in [-0.15, -0.1) is 0 Å². The fourth-order valence-electron chi connectivity index (χ4n) is 2.29. The number of benzene rings is 2. The highest BCUT2D eigenvalue weighted by atomic mass is 16.2. The third kappa shape index (κ3) is 2.28. The summed E-state index contributed by atoms with van der Waals surface area (Å²) >= 11 is 0. The van der Waals surface area contributed by atoms with Crippen LogP contribution >= 0.6 is 0 Å². The normalized spacial score (nSPS) is 15.2. The molecule has 3 rings (SSSR count). The molecule has 2 aromatic carbocycles. The maximum absolute atomic E-state index is 11.7. The molecule has 100 valence electrons. The molecule has 1 N–H and O–H groups in total. The molecule has 0 unspecified atom stereocenters. The van der Waals surface area contributed by atoms with Gasteiger partial charge in [0.1, 0.15) is 0 Å². The van der Waals surface area contributed by atoms with Gasteiger partial charge in [-0.3, -0.25) is 10.2 Å². The van der Waals surface area contributed by atoms with E-state index in [4.69, 9.17) is 0 Å². The van der Waals surface area contributed by atoms with Gasteiger partial charge in [0.15, 0.2) is 0 Å². The third-order valence-electron chi connectivity index (χ3n) is 3.29. The van der Waals surface area contributed by atoms with Crippen LogP contribution in [0, 0.1) is 0 Å². The molecule has 0 spiro atoms. The van der Waals surface area contributed by atoms with E-state index < -0.39 is 0 Å². The summed E-state index contributed by atoms with van der Waals surface area (Å²) in [5.74, 6) is 0.0300. The number of nitrogens with one attached hydrogen (secondary N) is 1. The molecule has 1 heterocycles. The Labute approximate surface area is 117 Å². The Morgan fingerprint density at radius 2 is 1.80 bits per heavy atom. The Balaban J connectivity index is 1.90. The first-order chi connectivity index (χ1) is 9.75. The van der Waals surface area contributed by atoms with Crippen LogP contribution in [0.15, 0.2) is 59.7 Å². The predicted molar refractivity (Wildman–Crippen MR) is 81.1 cm³/mol. The molecule has 0 aliphatic carbocycles. The van der Waals surface area contributed by atoms with E-state index in [-0.39, 0.29) is 5.91 Å². The molecular formula is C16H15N3O. The van der Waals surface area contributed by atoms with Gasteiger partial charge >= 0.3 is 0 Å². The van der Waals surface area contributed by atoms with Crippen LogP contribution in [0.5, 0.6) is 0 Å². The van der Waals surface area contributed by atoms with Crippen LogP contribution in [-0.2, 0) is 4.79 Å². The first-order valence-electron chi connectivity index (χ1n) is 6.51. The maximum Gasteiger partial charge on any atom is 0.224 e. The highest BCUT2D eigenvalue weighted by molar-refractivity contribution is 6.17. The highest BCUT2D eigenvalue weighted by Gasteiger charge is 2.27. The summed E-state index contributed by atoms with van der Waals surface area (Å²) in [7, 11) is 0. The fourth-order valence-corrected chi connectivity index (χ4v) is 2.29. The summed E-state index contributed by atoms with van der Waals surface area (Å²) in [6.45, 7) is 2.08. The molecule has 0 aromatic heterocycles. The van der Waals surface area contributed by atoms with Crippen molar-refractivity contribution < 1.29 is 4.79 Å². The van der Waals surface area contributed by atoms with Gasteiger partial charge in [-0.1, -0.05) is 36.4 Å². The van der Waals surface area contributed by atoms with Crippen LogP contribution in [0.25, 0.3) is 0 Å². The lowest BCUT2D eigenvalue weighted by Crippen LogP contribution is -2.28. The summed E-state index contributed by atoms with van der Waals surface area (Å²) in [6.07, 6.45) is 0. The molecular weight excluding hydrogens is 250 g/mol. The van der Waals surface area contributed by atoms with Gasteiger partial charge in [0, 0.05) is 12.5 Å². The Hall–Kier alpha value is -2.62. The molecule has 0 radical (unpaired) electrons. The third-order valence-corrected chi connectivity index (χ3v) is 3.29. The first kappa shape index (κ1) is 12.4. The van der Waals surface area contributed by atoms with Crippen LogP contribution in [0.2, 0.25) is 0 Å². The summed E-state index contributed by atoms with van der Waals surface area (Å²) < 4.78 is 0. The van der Waals surface area contributed by atoms with Crippen molar-refractivity contribution in [3.63, 3.8) is 0 Å². The second-order valence-electron chi connectivity index (χ2n) is 4.66. The minimum atomic E-state index is 0.0300. The molecule has 0 bridgehead atoms. The quantitative estimate of drug-likeness (QED) is 0.849. The number of fused-ring (bicyclic) bond motifs is 1. The van der Waals surface area contributed by atoms with Crippen LogP contribution < -0.4 is 10.3 Å². The van der Waals surface area contributed by atoms with E-state index >= 15 is 0 Å². The number of amides is 1. The number of carbonyl (C=O) groups is 1. The molecule has 20 heavy (non-hydrogen) atoms. The number of anilines is 2. The number of para-hydroxylation sites is 2. The van der Waals surface area contributed by atoms with Crippen LogP contribution in [-0.4, -0.2) is 18.2 Å². The average molecular weight is 265 g/mol. The molecule has 4 nitrogen and oxygen atoms in total. The molecule has 1 aliphatic heterocycles. The van der Waals surface area contributed by atoms with Gasteiger partial charge in [-0.2, -0.15) is 5.10 Å². The smallest absolute Gasteiger partial charge is 0.224 e. The van der Waals surface area contributed by atoms with Gasteiger partial charge in [0.25, 0.3) is 0 Å². The van der Waals surface area contributed by atoms with E-state index in [1.165, 1.54) is 0 Å². The molecule has 0 atom stereocenters. The zero-order chi connectivity index (χ0) is 13.9. The summed E-state index contributed by atoms with van der Waals surface area (Å²) in [4.78, 5) is 13.4. The van der Waals surface area contributed by atoms with Crippen LogP contribution in [0.1, 0.15) is 12.5 Å². The summed E-state index contributed by atoms with van der Waals surface area (Å²) in [5, 5.41) is 4.44. The number of hydrazone groups is 1. The van der Waals surface area contributed by atoms with E-state index in [9.17, 15) is 4.79 Å². The zero-order valence-electron chi connectivity index (χ0n) is 11.2. The number of hydrogen-bond acceptors (Lipinski definition) is 3. The van der Waals surface area contributed by atoms with Crippen molar-refractivity contribution in [1.29, 1.82) is 0 Å². The van der Waals surface area contributed by atoms with E-state index in [2.05, 4.69) is 10.5 Å². The van der Waals surface area contributed by atoms with Gasteiger partial charge in [0.05, 0.1) is 23.6 Å². The average Bonchev–Trinajstić information content (AvgIpc) is 2.85. The monoisotopic (exact) mass is 265 g/mol. The zero-order valence-corrected chi connectivity index (χ0v) is 11.2. The molecule has 0 saturated heterocycles. The second kappa shape index (κ2) is 5.17. The highest BCUT2D eigenvalue weighted by Crippen LogP contribution is 2.28. The van der Waals surface area contributed by atoms with Gasteiger partial charge < -0.3 is 4.90 Å². The summed E-state index contributed by atoms with van der Waals surface area (Å²) in [6, 6.07) is 17.6. The molecule has 0 fully saturated rings. The molecule has 1 aliphatic rings. The number of hydrogen-bond donors (Lipinski definition) is 1. The predicted octanol–water partition coefficient (Wildman–Crippen LogP) is 2.87. The molecule has 2 aromatic rings. The maximum atomic E-state index is 11.7. The lowest BCUT2D eigenvalue weighted by Gasteiger charge is -2.13. The topological polar surface area (TPSA) is 44.7 Å². The van der Waals surface area contributed by atoms with Crippen LogP contribution in [0.3, 0.4) is 0 Å². The van der Waals surface area contributed by atoms with Crippen LogP contribution in [0.4, 0.5) is 11.4 Å². The SMILES string of the molecule is CC(=O)N1CC(=NNc2ccccc2)c2ccccc21. The Kier molecular flexibility index (Phi) is 3.21. The van der Waals surface area contributed by atoms with Crippen molar-refractivity contribution >= 4 is 23.0 Å². The van der Waals surface area contributed by atoms with E-state index in [0.29, 0.717) is 6.54 Å². The van der Waals surface area contributed by atoms with Crippen molar-refractivity contribution in [2.24, 2.45) is 5.10 Å². The molecule has 1 amide bonds. The van der Waals surface area contributed by atoms with Crippen molar-refractivity contribution in [1.82, 2.24) is 0 Å². The van der Waals surface area contributed by atoms with E-state index in [1.54, 1.807) is 11.8 Å². The Morgan fingerprint density at radius 1 is 1.10 bits per heavy atom. The first-order valence-corrected chi connectivity index (χ1v) is 6.51. The van der Waals surface area contributed by atoms with Gasteiger partial charge in [-0.05, 0) is 18.2 Å². The number of nitrogens with zero attached hydrogens (tertiary/aromatic N) is 2. The molecule has 0 saturated carbocycles.